The lowest BCUT2D eigenvalue weighted by atomic mass is 9.94. The molecule has 0 amide bonds. The van der Waals surface area contributed by atoms with Crippen LogP contribution in [0.3, 0.4) is 0 Å². The van der Waals surface area contributed by atoms with Crippen molar-refractivity contribution in [3.05, 3.63) is 34.9 Å². The fourth-order valence-corrected chi connectivity index (χ4v) is 1.96. The van der Waals surface area contributed by atoms with Crippen LogP contribution < -0.4 is 0 Å². The lowest BCUT2D eigenvalue weighted by molar-refractivity contribution is -0.136. The van der Waals surface area contributed by atoms with Crippen molar-refractivity contribution in [3.8, 4) is 0 Å². The topological polar surface area (TPSA) is 74.6 Å². The first-order chi connectivity index (χ1) is 9.12. The molecular formula is C15H18O4. The predicted molar refractivity (Wildman–Crippen MR) is 72.3 cm³/mol. The Hall–Kier alpha value is -1.90. The largest absolute Gasteiger partial charge is 0.481 e. The van der Waals surface area contributed by atoms with Crippen LogP contribution in [0.15, 0.2) is 18.2 Å². The van der Waals surface area contributed by atoms with E-state index in [0.717, 1.165) is 18.4 Å². The number of carbonyl (C=O) groups excluding carboxylic acids is 1. The molecule has 1 aromatic carbocycles. The van der Waals surface area contributed by atoms with Crippen molar-refractivity contribution in [3.63, 3.8) is 0 Å². The van der Waals surface area contributed by atoms with Crippen molar-refractivity contribution in [2.45, 2.75) is 39.2 Å². The molecule has 0 aliphatic heterocycles. The van der Waals surface area contributed by atoms with Gasteiger partial charge < -0.3 is 10.2 Å². The summed E-state index contributed by atoms with van der Waals surface area (Å²) >= 11 is 0. The van der Waals surface area contributed by atoms with Crippen molar-refractivity contribution < 1.29 is 19.8 Å². The van der Waals surface area contributed by atoms with Gasteiger partial charge in [-0.3, -0.25) is 4.79 Å². The highest BCUT2D eigenvalue weighted by molar-refractivity contribution is 5.90. The Balaban J connectivity index is 3.09. The van der Waals surface area contributed by atoms with Crippen molar-refractivity contribution in [2.75, 3.05) is 0 Å². The van der Waals surface area contributed by atoms with E-state index in [1.54, 1.807) is 6.07 Å². The van der Waals surface area contributed by atoms with Gasteiger partial charge in [-0.1, -0.05) is 31.5 Å². The molecular weight excluding hydrogens is 244 g/mol. The zero-order valence-electron chi connectivity index (χ0n) is 11.0. The molecule has 19 heavy (non-hydrogen) atoms. The van der Waals surface area contributed by atoms with Crippen molar-refractivity contribution in [2.24, 2.45) is 0 Å². The Morgan fingerprint density at radius 3 is 2.58 bits per heavy atom. The van der Waals surface area contributed by atoms with Crippen LogP contribution in [0.2, 0.25) is 0 Å². The van der Waals surface area contributed by atoms with Gasteiger partial charge in [0.25, 0.3) is 0 Å². The fraction of sp³-hybridized carbons (Fsp3) is 0.400. The van der Waals surface area contributed by atoms with E-state index < -0.39 is 5.97 Å². The second-order valence-corrected chi connectivity index (χ2v) is 4.37. The highest BCUT2D eigenvalue weighted by atomic mass is 16.4. The minimum absolute atomic E-state index is 0.118. The summed E-state index contributed by atoms with van der Waals surface area (Å²) in [6.07, 6.45) is 1.87. The van der Waals surface area contributed by atoms with Gasteiger partial charge in [-0.15, -0.1) is 0 Å². The van der Waals surface area contributed by atoms with Crippen LogP contribution in [0.5, 0.6) is 0 Å². The van der Waals surface area contributed by atoms with E-state index in [2.05, 4.69) is 6.92 Å². The average molecular weight is 262 g/mol. The van der Waals surface area contributed by atoms with Gasteiger partial charge in [0.2, 0.25) is 0 Å². The van der Waals surface area contributed by atoms with Crippen LogP contribution in [0, 0.1) is 0 Å². The van der Waals surface area contributed by atoms with Gasteiger partial charge in [-0.05, 0) is 29.5 Å². The highest BCUT2D eigenvalue weighted by Crippen LogP contribution is 2.23. The molecule has 1 aromatic rings. The molecule has 102 valence electrons. The number of aliphatic hydroxyl groups is 1. The zero-order valence-corrected chi connectivity index (χ0v) is 11.0. The Labute approximate surface area is 112 Å². The van der Waals surface area contributed by atoms with E-state index in [1.807, 2.05) is 18.1 Å². The van der Waals surface area contributed by atoms with Gasteiger partial charge in [0.05, 0.1) is 13.0 Å². The lowest BCUT2D eigenvalue weighted by Gasteiger charge is -2.10. The minimum atomic E-state index is -0.956. The summed E-state index contributed by atoms with van der Waals surface area (Å²) in [6, 6.07) is 5.54. The van der Waals surface area contributed by atoms with Gasteiger partial charge in [0, 0.05) is 5.57 Å². The molecule has 4 heteroatoms. The van der Waals surface area contributed by atoms with E-state index >= 15 is 0 Å². The molecule has 0 atom stereocenters. The second-order valence-electron chi connectivity index (χ2n) is 4.37. The number of carboxylic acid groups (broad SMARTS) is 1. The van der Waals surface area contributed by atoms with E-state index in [-0.39, 0.29) is 19.4 Å². The average Bonchev–Trinajstić information content (AvgIpc) is 2.40. The molecule has 0 heterocycles. The molecule has 0 unspecified atom stereocenters. The number of hydrogen-bond acceptors (Lipinski definition) is 3. The quantitative estimate of drug-likeness (QED) is 0.739. The third kappa shape index (κ3) is 4.36. The summed E-state index contributed by atoms with van der Waals surface area (Å²) in [4.78, 5) is 21.6. The Morgan fingerprint density at radius 1 is 1.32 bits per heavy atom. The highest BCUT2D eigenvalue weighted by Gasteiger charge is 2.11. The van der Waals surface area contributed by atoms with Crippen LogP contribution in [-0.4, -0.2) is 22.1 Å². The maximum Gasteiger partial charge on any atom is 0.303 e. The molecule has 0 saturated carbocycles. The minimum Gasteiger partial charge on any atom is -0.481 e. The second kappa shape index (κ2) is 7.52. The smallest absolute Gasteiger partial charge is 0.303 e. The van der Waals surface area contributed by atoms with Crippen LogP contribution >= 0.6 is 0 Å². The molecule has 0 radical (unpaired) electrons. The molecule has 1 rings (SSSR count). The normalized spacial score (nSPS) is 10.0. The SMILES string of the molecule is CCCc1ccc(CO)c(C(=C=O)CCC(=O)O)c1. The van der Waals surface area contributed by atoms with E-state index in [9.17, 15) is 14.7 Å². The number of aryl methyl sites for hydroxylation is 1. The molecule has 2 N–H and O–H groups in total. The number of aliphatic hydroxyl groups excluding tert-OH is 1. The number of benzene rings is 1. The van der Waals surface area contributed by atoms with Crippen molar-refractivity contribution >= 4 is 17.5 Å². The predicted octanol–water partition coefficient (Wildman–Crippen LogP) is 2.21. The van der Waals surface area contributed by atoms with Gasteiger partial charge >= 0.3 is 5.97 Å². The molecule has 0 saturated heterocycles. The van der Waals surface area contributed by atoms with E-state index in [4.69, 9.17) is 5.11 Å². The van der Waals surface area contributed by atoms with Gasteiger partial charge in [0.1, 0.15) is 5.94 Å². The molecule has 0 spiro atoms. The first kappa shape index (κ1) is 15.2. The molecule has 0 bridgehead atoms. The number of rotatable bonds is 7. The summed E-state index contributed by atoms with van der Waals surface area (Å²) in [5.74, 6) is 0.854. The molecule has 4 nitrogen and oxygen atoms in total. The molecule has 0 aliphatic rings. The van der Waals surface area contributed by atoms with Gasteiger partial charge in [-0.2, -0.15) is 0 Å². The summed E-state index contributed by atoms with van der Waals surface area (Å²) in [7, 11) is 0. The molecule has 0 fully saturated rings. The lowest BCUT2D eigenvalue weighted by Crippen LogP contribution is -2.00. The fourth-order valence-electron chi connectivity index (χ4n) is 1.96. The monoisotopic (exact) mass is 262 g/mol. The Morgan fingerprint density at radius 2 is 2.05 bits per heavy atom. The maximum atomic E-state index is 11.0. The number of aliphatic carboxylic acids is 1. The Kier molecular flexibility index (Phi) is 6.00. The van der Waals surface area contributed by atoms with Crippen LogP contribution in [0.25, 0.3) is 5.57 Å². The summed E-state index contributed by atoms with van der Waals surface area (Å²) in [6.45, 7) is 1.88. The summed E-state index contributed by atoms with van der Waals surface area (Å²) in [5, 5.41) is 18.0. The third-order valence-corrected chi connectivity index (χ3v) is 2.92. The molecule has 0 aliphatic carbocycles. The standard InChI is InChI=1S/C15H18O4/c1-2-3-11-4-5-12(9-16)14(8-11)13(10-17)6-7-15(18)19/h4-5,8,16H,2-3,6-7,9H2,1H3,(H,18,19). The van der Waals surface area contributed by atoms with Crippen molar-refractivity contribution in [1.29, 1.82) is 0 Å². The van der Waals surface area contributed by atoms with Crippen molar-refractivity contribution in [1.82, 2.24) is 0 Å². The van der Waals surface area contributed by atoms with E-state index in [0.29, 0.717) is 16.7 Å². The third-order valence-electron chi connectivity index (χ3n) is 2.92. The number of allylic oxidation sites excluding steroid dienone is 1. The molecule has 0 aromatic heterocycles. The Bertz CT molecular complexity index is 499. The van der Waals surface area contributed by atoms with Crippen LogP contribution in [-0.2, 0) is 22.6 Å². The zero-order chi connectivity index (χ0) is 14.3. The summed E-state index contributed by atoms with van der Waals surface area (Å²) in [5.41, 5.74) is 2.62. The maximum absolute atomic E-state index is 11.0. The van der Waals surface area contributed by atoms with Gasteiger partial charge in [0.15, 0.2) is 0 Å². The summed E-state index contributed by atoms with van der Waals surface area (Å²) < 4.78 is 0. The number of carbonyl (C=O) groups is 1. The number of hydrogen-bond donors (Lipinski definition) is 2. The van der Waals surface area contributed by atoms with Crippen LogP contribution in [0.4, 0.5) is 0 Å². The van der Waals surface area contributed by atoms with Crippen LogP contribution in [0.1, 0.15) is 42.9 Å². The number of carboxylic acids is 1. The van der Waals surface area contributed by atoms with E-state index in [1.165, 1.54) is 0 Å². The first-order valence-electron chi connectivity index (χ1n) is 6.31. The van der Waals surface area contributed by atoms with Gasteiger partial charge in [-0.25, -0.2) is 4.79 Å². The first-order valence-corrected chi connectivity index (χ1v) is 6.31.